The minimum atomic E-state index is -0.0308. The summed E-state index contributed by atoms with van der Waals surface area (Å²) in [5, 5.41) is 3.01. The lowest BCUT2D eigenvalue weighted by Gasteiger charge is -2.16. The number of rotatable bonds is 2. The molecule has 17 heavy (non-hydrogen) atoms. The van der Waals surface area contributed by atoms with E-state index in [4.69, 9.17) is 4.74 Å². The monoisotopic (exact) mass is 297 g/mol. The van der Waals surface area contributed by atoms with Crippen molar-refractivity contribution in [3.8, 4) is 0 Å². The molecule has 1 fully saturated rings. The fourth-order valence-corrected chi connectivity index (χ4v) is 2.65. The van der Waals surface area contributed by atoms with Crippen LogP contribution >= 0.6 is 15.9 Å². The molecule has 0 radical (unpaired) electrons. The van der Waals surface area contributed by atoms with Crippen molar-refractivity contribution < 1.29 is 9.53 Å². The highest BCUT2D eigenvalue weighted by Crippen LogP contribution is 2.17. The summed E-state index contributed by atoms with van der Waals surface area (Å²) in [6.07, 6.45) is 0.993. The first-order chi connectivity index (χ1) is 8.06. The highest BCUT2D eigenvalue weighted by Gasteiger charge is 2.25. The van der Waals surface area contributed by atoms with Crippen molar-refractivity contribution in [3.05, 3.63) is 33.8 Å². The van der Waals surface area contributed by atoms with Crippen LogP contribution in [-0.2, 0) is 4.74 Å². The van der Waals surface area contributed by atoms with E-state index in [1.807, 2.05) is 32.0 Å². The Hall–Kier alpha value is -0.870. The van der Waals surface area contributed by atoms with E-state index in [1.165, 1.54) is 0 Å². The van der Waals surface area contributed by atoms with Gasteiger partial charge >= 0.3 is 0 Å². The van der Waals surface area contributed by atoms with E-state index < -0.39 is 0 Å². The van der Waals surface area contributed by atoms with E-state index in [0.717, 1.165) is 23.1 Å². The van der Waals surface area contributed by atoms with Gasteiger partial charge in [-0.2, -0.15) is 0 Å². The number of benzene rings is 1. The van der Waals surface area contributed by atoms with Gasteiger partial charge in [0.25, 0.3) is 5.91 Å². The number of carbonyl (C=O) groups excluding carboxylic acids is 1. The lowest BCUT2D eigenvalue weighted by Crippen LogP contribution is -2.39. The molecule has 1 heterocycles. The topological polar surface area (TPSA) is 38.3 Å². The Morgan fingerprint density at radius 2 is 2.24 bits per heavy atom. The Balaban J connectivity index is 2.09. The average molecular weight is 298 g/mol. The van der Waals surface area contributed by atoms with Gasteiger partial charge in [-0.25, -0.2) is 0 Å². The molecule has 0 aromatic heterocycles. The molecule has 92 valence electrons. The SMILES string of the molecule is Cc1cc(Br)cc(C(=O)N[C@@H]2CCO[C@@H]2C)c1. The number of halogens is 1. The molecule has 1 amide bonds. The molecule has 1 aromatic carbocycles. The van der Waals surface area contributed by atoms with Crippen LogP contribution in [0.5, 0.6) is 0 Å². The Morgan fingerprint density at radius 3 is 2.82 bits per heavy atom. The molecule has 2 atom stereocenters. The molecule has 1 aliphatic heterocycles. The molecule has 1 N–H and O–H groups in total. The number of nitrogens with one attached hydrogen (secondary N) is 1. The van der Waals surface area contributed by atoms with Gasteiger partial charge in [0.1, 0.15) is 0 Å². The van der Waals surface area contributed by atoms with E-state index in [9.17, 15) is 4.79 Å². The molecule has 0 spiro atoms. The molecular weight excluding hydrogens is 282 g/mol. The van der Waals surface area contributed by atoms with Gasteiger partial charge < -0.3 is 10.1 Å². The fourth-order valence-electron chi connectivity index (χ4n) is 2.04. The molecule has 1 aromatic rings. The predicted octanol–water partition coefficient (Wildman–Crippen LogP) is 2.66. The summed E-state index contributed by atoms with van der Waals surface area (Å²) in [6.45, 7) is 4.69. The normalized spacial score (nSPS) is 23.7. The first-order valence-corrected chi connectivity index (χ1v) is 6.55. The molecule has 1 saturated heterocycles. The number of aryl methyl sites for hydroxylation is 1. The summed E-state index contributed by atoms with van der Waals surface area (Å²) in [6, 6.07) is 5.84. The van der Waals surface area contributed by atoms with E-state index in [1.54, 1.807) is 0 Å². The van der Waals surface area contributed by atoms with E-state index in [0.29, 0.717) is 5.56 Å². The van der Waals surface area contributed by atoms with Crippen LogP contribution in [0.4, 0.5) is 0 Å². The van der Waals surface area contributed by atoms with Crippen LogP contribution in [0.3, 0.4) is 0 Å². The fraction of sp³-hybridized carbons (Fsp3) is 0.462. The third-order valence-electron chi connectivity index (χ3n) is 3.00. The largest absolute Gasteiger partial charge is 0.376 e. The minimum Gasteiger partial charge on any atom is -0.376 e. The molecule has 4 heteroatoms. The maximum absolute atomic E-state index is 12.1. The van der Waals surface area contributed by atoms with Crippen molar-refractivity contribution >= 4 is 21.8 Å². The first-order valence-electron chi connectivity index (χ1n) is 5.76. The number of ether oxygens (including phenoxy) is 1. The molecule has 0 aliphatic carbocycles. The van der Waals surface area contributed by atoms with Crippen LogP contribution in [0, 0.1) is 6.92 Å². The zero-order valence-electron chi connectivity index (χ0n) is 10.00. The number of hydrogen-bond acceptors (Lipinski definition) is 2. The van der Waals surface area contributed by atoms with Crippen LogP contribution < -0.4 is 5.32 Å². The van der Waals surface area contributed by atoms with Gasteiger partial charge in [-0.05, 0) is 44.0 Å². The maximum Gasteiger partial charge on any atom is 0.251 e. The van der Waals surface area contributed by atoms with Gasteiger partial charge in [0.15, 0.2) is 0 Å². The zero-order chi connectivity index (χ0) is 12.4. The van der Waals surface area contributed by atoms with Gasteiger partial charge in [-0.15, -0.1) is 0 Å². The Bertz CT molecular complexity index is 413. The summed E-state index contributed by atoms with van der Waals surface area (Å²) >= 11 is 3.40. The van der Waals surface area contributed by atoms with Crippen molar-refractivity contribution in [3.63, 3.8) is 0 Å². The van der Waals surface area contributed by atoms with E-state index in [2.05, 4.69) is 21.2 Å². The van der Waals surface area contributed by atoms with Gasteiger partial charge in [-0.1, -0.05) is 15.9 Å². The highest BCUT2D eigenvalue weighted by molar-refractivity contribution is 9.10. The van der Waals surface area contributed by atoms with Crippen LogP contribution in [0.25, 0.3) is 0 Å². The van der Waals surface area contributed by atoms with Gasteiger partial charge in [0, 0.05) is 16.6 Å². The highest BCUT2D eigenvalue weighted by atomic mass is 79.9. The molecule has 0 saturated carbocycles. The van der Waals surface area contributed by atoms with Crippen molar-refractivity contribution in [2.24, 2.45) is 0 Å². The third-order valence-corrected chi connectivity index (χ3v) is 3.45. The summed E-state index contributed by atoms with van der Waals surface area (Å²) in [5.41, 5.74) is 1.76. The van der Waals surface area contributed by atoms with Crippen molar-refractivity contribution in [1.82, 2.24) is 5.32 Å². The standard InChI is InChI=1S/C13H16BrNO2/c1-8-5-10(7-11(14)6-8)13(16)15-12-3-4-17-9(12)2/h5-7,9,12H,3-4H2,1-2H3,(H,15,16)/t9-,12-/m1/s1. The van der Waals surface area contributed by atoms with Crippen LogP contribution in [0.2, 0.25) is 0 Å². The van der Waals surface area contributed by atoms with Gasteiger partial charge in [-0.3, -0.25) is 4.79 Å². The van der Waals surface area contributed by atoms with Crippen LogP contribution in [0.15, 0.2) is 22.7 Å². The zero-order valence-corrected chi connectivity index (χ0v) is 11.6. The number of amides is 1. The molecule has 1 aliphatic rings. The van der Waals surface area contributed by atoms with E-state index in [-0.39, 0.29) is 18.1 Å². The van der Waals surface area contributed by atoms with Crippen molar-refractivity contribution in [2.45, 2.75) is 32.4 Å². The lowest BCUT2D eigenvalue weighted by atomic mass is 10.1. The molecule has 3 nitrogen and oxygen atoms in total. The van der Waals surface area contributed by atoms with Crippen molar-refractivity contribution in [2.75, 3.05) is 6.61 Å². The lowest BCUT2D eigenvalue weighted by molar-refractivity contribution is 0.0866. The average Bonchev–Trinajstić information content (AvgIpc) is 2.63. The summed E-state index contributed by atoms with van der Waals surface area (Å²) in [7, 11) is 0. The maximum atomic E-state index is 12.1. The van der Waals surface area contributed by atoms with Gasteiger partial charge in [0.2, 0.25) is 0 Å². The molecule has 2 rings (SSSR count). The second-order valence-electron chi connectivity index (χ2n) is 4.46. The first kappa shape index (κ1) is 12.6. The Kier molecular flexibility index (Phi) is 3.84. The van der Waals surface area contributed by atoms with Crippen molar-refractivity contribution in [1.29, 1.82) is 0 Å². The summed E-state index contributed by atoms with van der Waals surface area (Å²) in [5.74, 6) is -0.0308. The second-order valence-corrected chi connectivity index (χ2v) is 5.38. The number of carbonyl (C=O) groups is 1. The number of hydrogen-bond donors (Lipinski definition) is 1. The third kappa shape index (κ3) is 3.07. The van der Waals surface area contributed by atoms with Gasteiger partial charge in [0.05, 0.1) is 12.1 Å². The Labute approximate surface area is 110 Å². The molecule has 0 unspecified atom stereocenters. The van der Waals surface area contributed by atoms with E-state index >= 15 is 0 Å². The molecular formula is C13H16BrNO2. The minimum absolute atomic E-state index is 0.0308. The summed E-state index contributed by atoms with van der Waals surface area (Å²) < 4.78 is 6.35. The molecule has 0 bridgehead atoms. The van der Waals surface area contributed by atoms with Crippen LogP contribution in [-0.4, -0.2) is 24.7 Å². The van der Waals surface area contributed by atoms with Crippen LogP contribution in [0.1, 0.15) is 29.3 Å². The summed E-state index contributed by atoms with van der Waals surface area (Å²) in [4.78, 5) is 12.1. The predicted molar refractivity (Wildman–Crippen MR) is 70.2 cm³/mol. The quantitative estimate of drug-likeness (QED) is 0.911. The smallest absolute Gasteiger partial charge is 0.251 e. The second kappa shape index (κ2) is 5.19. The Morgan fingerprint density at radius 1 is 1.47 bits per heavy atom.